The van der Waals surface area contributed by atoms with Crippen molar-refractivity contribution in [1.29, 1.82) is 0 Å². The number of fused-ring (bicyclic) bond motifs is 1. The van der Waals surface area contributed by atoms with Crippen molar-refractivity contribution in [2.24, 2.45) is 0 Å². The van der Waals surface area contributed by atoms with Crippen LogP contribution in [0.2, 0.25) is 0 Å². The largest absolute Gasteiger partial charge is 0.494 e. The monoisotopic (exact) mass is 280 g/mol. The van der Waals surface area contributed by atoms with Gasteiger partial charge in [-0.05, 0) is 45.1 Å². The zero-order valence-electron chi connectivity index (χ0n) is 11.8. The number of nitrogens with one attached hydrogen (secondary N) is 1. The number of benzene rings is 1. The van der Waals surface area contributed by atoms with E-state index in [-0.39, 0.29) is 5.60 Å². The maximum absolute atomic E-state index is 5.75. The molecule has 0 unspecified atom stereocenters. The minimum Gasteiger partial charge on any atom is -0.494 e. The first kappa shape index (κ1) is 14.1. The molecule has 0 aliphatic carbocycles. The van der Waals surface area contributed by atoms with Gasteiger partial charge in [-0.3, -0.25) is 0 Å². The first-order chi connectivity index (χ1) is 8.98. The van der Waals surface area contributed by atoms with Gasteiger partial charge in [-0.25, -0.2) is 0 Å². The van der Waals surface area contributed by atoms with Crippen LogP contribution in [0.25, 0.3) is 11.0 Å². The molecule has 0 saturated carbocycles. The second-order valence-electron chi connectivity index (χ2n) is 5.06. The summed E-state index contributed by atoms with van der Waals surface area (Å²) in [6.45, 7) is 7.52. The molecule has 1 aromatic carbocycles. The molecule has 0 bridgehead atoms. The van der Waals surface area contributed by atoms with Crippen molar-refractivity contribution in [2.75, 3.05) is 13.7 Å². The van der Waals surface area contributed by atoms with Gasteiger partial charge in [0.25, 0.3) is 0 Å². The topological polar surface area (TPSA) is 39.2 Å². The lowest BCUT2D eigenvalue weighted by molar-refractivity contribution is -0.0219. The molecule has 1 aromatic heterocycles. The van der Waals surface area contributed by atoms with E-state index in [1.54, 1.807) is 7.11 Å². The van der Waals surface area contributed by atoms with Crippen molar-refractivity contribution in [3.63, 3.8) is 0 Å². The van der Waals surface area contributed by atoms with Crippen LogP contribution in [0.3, 0.4) is 0 Å². The maximum Gasteiger partial charge on any atom is 0.178 e. The minimum absolute atomic E-state index is 0.259. The SMILES string of the molecule is CCOC(C)(C)Cn1c(=S)[nH]c2c(OC)cccc21. The molecule has 1 N–H and O–H groups in total. The quantitative estimate of drug-likeness (QED) is 0.852. The van der Waals surface area contributed by atoms with Gasteiger partial charge in [0, 0.05) is 6.61 Å². The Morgan fingerprint density at radius 1 is 1.37 bits per heavy atom. The lowest BCUT2D eigenvalue weighted by Gasteiger charge is -2.25. The molecule has 104 valence electrons. The number of imidazole rings is 1. The highest BCUT2D eigenvalue weighted by Crippen LogP contribution is 2.26. The molecule has 0 amide bonds. The molecular formula is C14H20N2O2S. The van der Waals surface area contributed by atoms with Crippen molar-refractivity contribution in [1.82, 2.24) is 9.55 Å². The Bertz CT molecular complexity index is 628. The molecule has 1 heterocycles. The first-order valence-corrected chi connectivity index (χ1v) is 6.79. The van der Waals surface area contributed by atoms with Crippen molar-refractivity contribution < 1.29 is 9.47 Å². The van der Waals surface area contributed by atoms with Gasteiger partial charge in [-0.1, -0.05) is 6.07 Å². The molecule has 19 heavy (non-hydrogen) atoms. The van der Waals surface area contributed by atoms with Crippen LogP contribution < -0.4 is 4.74 Å². The Morgan fingerprint density at radius 2 is 2.11 bits per heavy atom. The minimum atomic E-state index is -0.259. The van der Waals surface area contributed by atoms with Crippen molar-refractivity contribution >= 4 is 23.3 Å². The standard InChI is InChI=1S/C14H20N2O2S/c1-5-18-14(2,3)9-16-10-7-6-8-11(17-4)12(10)15-13(16)19/h6-8H,5,9H2,1-4H3,(H,15,19). The highest BCUT2D eigenvalue weighted by molar-refractivity contribution is 7.71. The Balaban J connectivity index is 2.50. The molecule has 0 atom stereocenters. The van der Waals surface area contributed by atoms with Crippen LogP contribution in [0.15, 0.2) is 18.2 Å². The van der Waals surface area contributed by atoms with Crippen molar-refractivity contribution in [2.45, 2.75) is 32.9 Å². The number of rotatable bonds is 5. The fourth-order valence-electron chi connectivity index (χ4n) is 2.30. The van der Waals surface area contributed by atoms with Gasteiger partial charge in [0.2, 0.25) is 0 Å². The van der Waals surface area contributed by atoms with E-state index in [9.17, 15) is 0 Å². The lowest BCUT2D eigenvalue weighted by Crippen LogP contribution is -2.30. The highest BCUT2D eigenvalue weighted by atomic mass is 32.1. The van der Waals surface area contributed by atoms with Crippen LogP contribution >= 0.6 is 12.2 Å². The Hall–Kier alpha value is -1.33. The highest BCUT2D eigenvalue weighted by Gasteiger charge is 2.20. The Morgan fingerprint density at radius 3 is 2.74 bits per heavy atom. The van der Waals surface area contributed by atoms with Crippen LogP contribution in [0.1, 0.15) is 20.8 Å². The fraction of sp³-hybridized carbons (Fsp3) is 0.500. The summed E-state index contributed by atoms with van der Waals surface area (Å²) in [5, 5.41) is 0. The Kier molecular flexibility index (Phi) is 3.96. The predicted molar refractivity (Wildman–Crippen MR) is 79.4 cm³/mol. The van der Waals surface area contributed by atoms with E-state index in [2.05, 4.69) is 23.4 Å². The number of para-hydroxylation sites is 1. The third kappa shape index (κ3) is 2.82. The molecule has 0 aliphatic rings. The molecule has 0 spiro atoms. The summed E-state index contributed by atoms with van der Waals surface area (Å²) in [4.78, 5) is 3.21. The zero-order chi connectivity index (χ0) is 14.0. The molecule has 0 aliphatic heterocycles. The van der Waals surface area contributed by atoms with E-state index in [0.29, 0.717) is 17.9 Å². The molecule has 4 nitrogen and oxygen atoms in total. The first-order valence-electron chi connectivity index (χ1n) is 6.38. The van der Waals surface area contributed by atoms with Crippen LogP contribution in [-0.4, -0.2) is 28.9 Å². The van der Waals surface area contributed by atoms with Gasteiger partial charge >= 0.3 is 0 Å². The van der Waals surface area contributed by atoms with Gasteiger partial charge in [0.15, 0.2) is 4.77 Å². The second kappa shape index (κ2) is 5.35. The number of aromatic nitrogens is 2. The summed E-state index contributed by atoms with van der Waals surface area (Å²) in [6, 6.07) is 5.92. The number of H-pyrrole nitrogens is 1. The smallest absolute Gasteiger partial charge is 0.178 e. The molecule has 0 radical (unpaired) electrons. The third-order valence-corrected chi connectivity index (χ3v) is 3.39. The molecule has 0 fully saturated rings. The van der Waals surface area contributed by atoms with Crippen LogP contribution in [0.4, 0.5) is 0 Å². The number of nitrogens with zero attached hydrogens (tertiary/aromatic N) is 1. The molecule has 0 saturated heterocycles. The van der Waals surface area contributed by atoms with Gasteiger partial charge in [0.05, 0.1) is 24.8 Å². The van der Waals surface area contributed by atoms with Crippen molar-refractivity contribution in [3.8, 4) is 5.75 Å². The molecule has 5 heteroatoms. The van der Waals surface area contributed by atoms with E-state index in [1.807, 2.05) is 25.1 Å². The van der Waals surface area contributed by atoms with E-state index in [4.69, 9.17) is 21.7 Å². The summed E-state index contributed by atoms with van der Waals surface area (Å²) in [5.41, 5.74) is 1.71. The number of aromatic amines is 1. The molecular weight excluding hydrogens is 260 g/mol. The van der Waals surface area contributed by atoms with Gasteiger partial charge in [-0.15, -0.1) is 0 Å². The number of methoxy groups -OCH3 is 1. The summed E-state index contributed by atoms with van der Waals surface area (Å²) in [5.74, 6) is 0.802. The zero-order valence-corrected chi connectivity index (χ0v) is 12.6. The summed E-state index contributed by atoms with van der Waals surface area (Å²) in [6.07, 6.45) is 0. The number of ether oxygens (including phenoxy) is 2. The summed E-state index contributed by atoms with van der Waals surface area (Å²) >= 11 is 5.41. The van der Waals surface area contributed by atoms with E-state index in [1.165, 1.54) is 0 Å². The number of hydrogen-bond donors (Lipinski definition) is 1. The fourth-order valence-corrected chi connectivity index (χ4v) is 2.56. The summed E-state index contributed by atoms with van der Waals surface area (Å²) in [7, 11) is 1.66. The number of hydrogen-bond acceptors (Lipinski definition) is 3. The lowest BCUT2D eigenvalue weighted by atomic mass is 10.1. The van der Waals surface area contributed by atoms with E-state index >= 15 is 0 Å². The molecule has 2 aromatic rings. The van der Waals surface area contributed by atoms with Crippen LogP contribution in [-0.2, 0) is 11.3 Å². The van der Waals surface area contributed by atoms with E-state index < -0.39 is 0 Å². The predicted octanol–water partition coefficient (Wildman–Crippen LogP) is 3.52. The van der Waals surface area contributed by atoms with Gasteiger partial charge in [0.1, 0.15) is 11.3 Å². The Labute approximate surface area is 118 Å². The van der Waals surface area contributed by atoms with Crippen LogP contribution in [0.5, 0.6) is 5.75 Å². The van der Waals surface area contributed by atoms with Crippen LogP contribution in [0, 0.1) is 4.77 Å². The second-order valence-corrected chi connectivity index (χ2v) is 5.45. The third-order valence-electron chi connectivity index (χ3n) is 3.07. The van der Waals surface area contributed by atoms with Gasteiger partial charge in [-0.2, -0.15) is 0 Å². The average molecular weight is 280 g/mol. The molecule has 2 rings (SSSR count). The van der Waals surface area contributed by atoms with Crippen molar-refractivity contribution in [3.05, 3.63) is 23.0 Å². The van der Waals surface area contributed by atoms with E-state index in [0.717, 1.165) is 16.8 Å². The average Bonchev–Trinajstić information content (AvgIpc) is 2.65. The van der Waals surface area contributed by atoms with Gasteiger partial charge < -0.3 is 19.0 Å². The maximum atomic E-state index is 5.75. The summed E-state index contributed by atoms with van der Waals surface area (Å²) < 4.78 is 13.8. The normalized spacial score (nSPS) is 12.0.